The van der Waals surface area contributed by atoms with Gasteiger partial charge < -0.3 is 91.9 Å². The molecule has 0 aliphatic heterocycles. The molecule has 0 fully saturated rings. The maximum Gasteiger partial charge on any atom is 3.00 e. The van der Waals surface area contributed by atoms with Gasteiger partial charge in [0.1, 0.15) is 0 Å². The van der Waals surface area contributed by atoms with Gasteiger partial charge >= 0.3 is 93.9 Å². The van der Waals surface area contributed by atoms with E-state index in [1.807, 2.05) is 0 Å². The van der Waals surface area contributed by atoms with Crippen LogP contribution in [0.5, 0.6) is 0 Å². The molecule has 0 aliphatic carbocycles. The average molecular weight is 560 g/mol. The van der Waals surface area contributed by atoms with E-state index < -0.39 is 30.5 Å². The van der Waals surface area contributed by atoms with Gasteiger partial charge in [0.05, 0.1) is 30.5 Å². The van der Waals surface area contributed by atoms with Crippen LogP contribution < -0.4 is 56.6 Å². The van der Waals surface area contributed by atoms with Crippen LogP contribution in [0.2, 0.25) is 0 Å². The molecule has 0 aromatic carbocycles. The Labute approximate surface area is 214 Å². The third kappa shape index (κ3) is 4220. The summed E-state index contributed by atoms with van der Waals surface area (Å²) < 4.78 is 0. The van der Waals surface area contributed by atoms with Crippen molar-refractivity contribution >= 4 is 0 Å². The summed E-state index contributed by atoms with van der Waals surface area (Å²) in [6.07, 6.45) is 0. The Morgan fingerprint density at radius 1 is 0.286 bits per heavy atom. The molecule has 0 saturated carbocycles. The minimum Gasteiger partial charge on any atom is -0.356 e. The molecule has 0 bridgehead atoms. The third-order valence-electron chi connectivity index (χ3n) is 0. The Morgan fingerprint density at radius 2 is 0.286 bits per heavy atom. The Kier molecular flexibility index (Phi) is 127. The van der Waals surface area contributed by atoms with Crippen molar-refractivity contribution in [2.45, 2.75) is 0 Å². The molecule has 1 radical (unpaired) electrons. The Bertz CT molecular complexity index is 270. The molecule has 0 amide bonds. The maximum absolute atomic E-state index is 8.25. The van der Waals surface area contributed by atoms with Gasteiger partial charge in [-0.05, 0) is 0 Å². The first kappa shape index (κ1) is 63.4. The number of rotatable bonds is 0. The van der Waals surface area contributed by atoms with E-state index in [4.69, 9.17) is 91.9 Å². The SMILES string of the molecule is O=[N+]([O-])[O-].O=[N+]([O-])[O-].O=[N+]([O-])[O-].O=[N+]([O-])[O-].O=[N+]([O-])[O-].O=[N+]([O-])[O-].[Er+3].[Li+].[Li+].[Li+]. The van der Waals surface area contributed by atoms with Crippen LogP contribution in [0.25, 0.3) is 0 Å². The number of nitrogens with zero attached hydrogens (tertiary/aromatic N) is 6. The fourth-order valence-corrected chi connectivity index (χ4v) is 0. The molecule has 24 nitrogen and oxygen atoms in total. The van der Waals surface area contributed by atoms with Gasteiger partial charge in [0.15, 0.2) is 0 Å². The summed E-state index contributed by atoms with van der Waals surface area (Å²) in [5, 5.41) is 88.5. The summed E-state index contributed by atoms with van der Waals surface area (Å²) in [7, 11) is 0. The first-order valence-corrected chi connectivity index (χ1v) is 3.29. The van der Waals surface area contributed by atoms with Crippen molar-refractivity contribution in [1.82, 2.24) is 0 Å². The minimum absolute atomic E-state index is 0. The second-order valence-corrected chi connectivity index (χ2v) is 1.34. The molecule has 0 atom stereocenters. The zero-order valence-corrected chi connectivity index (χ0v) is 15.2. The molecule has 0 aromatic rings. The second-order valence-electron chi connectivity index (χ2n) is 1.34. The maximum atomic E-state index is 8.25. The first-order chi connectivity index (χ1) is 10.4. The van der Waals surface area contributed by atoms with Gasteiger partial charge in [-0.15, -0.1) is 0 Å². The van der Waals surface area contributed by atoms with Crippen LogP contribution in [-0.4, -0.2) is 30.5 Å². The van der Waals surface area contributed by atoms with Crippen molar-refractivity contribution in [2.75, 3.05) is 0 Å². The zero-order chi connectivity index (χ0) is 21.5. The van der Waals surface area contributed by atoms with E-state index in [9.17, 15) is 0 Å². The van der Waals surface area contributed by atoms with Gasteiger partial charge in [0.25, 0.3) is 0 Å². The molecule has 28 heavy (non-hydrogen) atoms. The summed E-state index contributed by atoms with van der Waals surface area (Å²) in [6.45, 7) is 0. The Hall–Kier alpha value is -1.76. The third-order valence-corrected chi connectivity index (χ3v) is 0. The quantitative estimate of drug-likeness (QED) is 0.151. The summed E-state index contributed by atoms with van der Waals surface area (Å²) >= 11 is 0. The fourth-order valence-electron chi connectivity index (χ4n) is 0. The van der Waals surface area contributed by atoms with E-state index in [-0.39, 0.29) is 93.9 Å². The van der Waals surface area contributed by atoms with Crippen LogP contribution in [0.1, 0.15) is 0 Å². The van der Waals surface area contributed by atoms with Crippen LogP contribution >= 0.6 is 0 Å². The minimum atomic E-state index is -1.75. The average Bonchev–Trinajstić information content (AvgIpc) is 2.08. The van der Waals surface area contributed by atoms with E-state index >= 15 is 0 Å². The summed E-state index contributed by atoms with van der Waals surface area (Å²) in [4.78, 5) is 49.5. The fraction of sp³-hybridized carbons (Fsp3) is 0. The van der Waals surface area contributed by atoms with Crippen LogP contribution in [0.3, 0.4) is 0 Å². The molecule has 28 heteroatoms. The molecule has 0 N–H and O–H groups in total. The Balaban J connectivity index is -0.0000000169. The summed E-state index contributed by atoms with van der Waals surface area (Å²) in [6, 6.07) is 0. The predicted octanol–water partition coefficient (Wildman–Crippen LogP) is -10.4. The number of hydrogen-bond donors (Lipinski definition) is 0. The molecule has 0 unspecified atom stereocenters. The van der Waals surface area contributed by atoms with E-state index in [1.54, 1.807) is 0 Å². The normalized spacial score (nSPS) is 5.14. The molecule has 0 aromatic heterocycles. The van der Waals surface area contributed by atoms with E-state index in [1.165, 1.54) is 0 Å². The molecule has 0 rings (SSSR count). The molecule has 153 valence electrons. The van der Waals surface area contributed by atoms with Crippen molar-refractivity contribution in [3.63, 3.8) is 0 Å². The van der Waals surface area contributed by atoms with E-state index in [0.29, 0.717) is 0 Å². The molecular weight excluding hydrogens is 560 g/mol. The van der Waals surface area contributed by atoms with Crippen molar-refractivity contribution < 1.29 is 124 Å². The summed E-state index contributed by atoms with van der Waals surface area (Å²) in [5.41, 5.74) is 0. The van der Waals surface area contributed by atoms with Crippen LogP contribution in [-0.2, 0) is 0 Å². The van der Waals surface area contributed by atoms with Crippen molar-refractivity contribution in [3.05, 3.63) is 91.9 Å². The van der Waals surface area contributed by atoms with Crippen LogP contribution in [0.4, 0.5) is 0 Å². The Morgan fingerprint density at radius 3 is 0.286 bits per heavy atom. The van der Waals surface area contributed by atoms with Gasteiger partial charge in [0, 0.05) is 0 Å². The van der Waals surface area contributed by atoms with Crippen molar-refractivity contribution in [1.29, 1.82) is 0 Å². The topological polar surface area (TPSA) is 397 Å². The smallest absolute Gasteiger partial charge is 0.356 e. The zero-order valence-electron chi connectivity index (χ0n) is 13.3. The monoisotopic (exact) mass is 559 g/mol. The van der Waals surface area contributed by atoms with Crippen LogP contribution in [0, 0.1) is 129 Å². The molecular formula is ErLi3N6O18. The van der Waals surface area contributed by atoms with Gasteiger partial charge in [0.2, 0.25) is 0 Å². The van der Waals surface area contributed by atoms with E-state index in [2.05, 4.69) is 0 Å². The number of hydrogen-bond acceptors (Lipinski definition) is 18. The van der Waals surface area contributed by atoms with Gasteiger partial charge in [-0.1, -0.05) is 0 Å². The molecule has 0 saturated heterocycles. The van der Waals surface area contributed by atoms with Crippen molar-refractivity contribution in [2.24, 2.45) is 0 Å². The molecule has 0 aliphatic rings. The first-order valence-electron chi connectivity index (χ1n) is 3.29. The van der Waals surface area contributed by atoms with Gasteiger partial charge in [-0.3, -0.25) is 0 Å². The van der Waals surface area contributed by atoms with Crippen molar-refractivity contribution in [3.8, 4) is 0 Å². The van der Waals surface area contributed by atoms with Gasteiger partial charge in [-0.2, -0.15) is 0 Å². The largest absolute Gasteiger partial charge is 3.00 e. The van der Waals surface area contributed by atoms with E-state index in [0.717, 1.165) is 0 Å². The van der Waals surface area contributed by atoms with Gasteiger partial charge in [-0.25, -0.2) is 0 Å². The standard InChI is InChI=1S/Er.3Li.6NO3/c;;;;6*2-1(3)4/q+3;3*+1;6*-1. The van der Waals surface area contributed by atoms with Crippen LogP contribution in [0.15, 0.2) is 0 Å². The predicted molar refractivity (Wildman–Crippen MR) is 62.2 cm³/mol. The molecule has 0 spiro atoms. The second kappa shape index (κ2) is 56.2. The summed E-state index contributed by atoms with van der Waals surface area (Å²) in [5.74, 6) is 0. The molecule has 0 heterocycles.